The average molecular weight is 440 g/mol. The van der Waals surface area contributed by atoms with E-state index in [-0.39, 0.29) is 16.2 Å². The molecule has 0 saturated heterocycles. The van der Waals surface area contributed by atoms with Gasteiger partial charge in [0.2, 0.25) is 0 Å². The highest BCUT2D eigenvalue weighted by Crippen LogP contribution is 2.44. The van der Waals surface area contributed by atoms with Crippen molar-refractivity contribution in [1.29, 1.82) is 0 Å². The van der Waals surface area contributed by atoms with Gasteiger partial charge in [-0.05, 0) is 35.6 Å². The molecule has 0 aliphatic rings. The van der Waals surface area contributed by atoms with Crippen LogP contribution in [0.5, 0.6) is 0 Å². The first-order valence-electron chi connectivity index (χ1n) is 9.23. The van der Waals surface area contributed by atoms with Crippen LogP contribution < -0.4 is 0 Å². The van der Waals surface area contributed by atoms with Crippen LogP contribution in [-0.4, -0.2) is 41.5 Å². The lowest BCUT2D eigenvalue weighted by Crippen LogP contribution is -2.51. The number of pyridine rings is 1. The molecule has 2 N–H and O–H groups in total. The van der Waals surface area contributed by atoms with Crippen molar-refractivity contribution in [2.45, 2.75) is 48.8 Å². The van der Waals surface area contributed by atoms with Crippen LogP contribution in [0.4, 0.5) is 13.2 Å². The Bertz CT molecular complexity index is 1140. The molecule has 3 rings (SSSR count). The molecule has 1 atom stereocenters. The molecule has 0 radical (unpaired) electrons. The molecular formula is C21H23F3N2O3S. The standard InChI is InChI=1S/C21H23F3N2O3S/c1-19(2,16-6-4-5-7-18(16)30(3,28)29)13-20(27,21(22,23)24)11-15-10-14-8-9-25-12-17(14)26-15/h4-10,12,26-27H,11,13H2,1-3H3. The summed E-state index contributed by atoms with van der Waals surface area (Å²) >= 11 is 0. The molecule has 5 nitrogen and oxygen atoms in total. The zero-order valence-corrected chi connectivity index (χ0v) is 17.6. The fourth-order valence-corrected chi connectivity index (χ4v) is 4.95. The van der Waals surface area contributed by atoms with E-state index in [1.54, 1.807) is 18.2 Å². The number of hydrogen-bond acceptors (Lipinski definition) is 4. The van der Waals surface area contributed by atoms with Gasteiger partial charge in [0.15, 0.2) is 15.4 Å². The summed E-state index contributed by atoms with van der Waals surface area (Å²) in [5.41, 5.74) is -3.34. The summed E-state index contributed by atoms with van der Waals surface area (Å²) in [6, 6.07) is 9.15. The van der Waals surface area contributed by atoms with E-state index in [2.05, 4.69) is 9.97 Å². The Morgan fingerprint density at radius 2 is 1.80 bits per heavy atom. The largest absolute Gasteiger partial charge is 0.417 e. The number of aliphatic hydroxyl groups is 1. The van der Waals surface area contributed by atoms with Crippen LogP contribution in [0, 0.1) is 0 Å². The van der Waals surface area contributed by atoms with Gasteiger partial charge in [-0.25, -0.2) is 8.42 Å². The number of alkyl halides is 3. The van der Waals surface area contributed by atoms with Crippen molar-refractivity contribution in [3.05, 3.63) is 60.0 Å². The summed E-state index contributed by atoms with van der Waals surface area (Å²) in [6.45, 7) is 3.01. The van der Waals surface area contributed by atoms with Gasteiger partial charge < -0.3 is 10.1 Å². The van der Waals surface area contributed by atoms with Crippen molar-refractivity contribution in [2.24, 2.45) is 0 Å². The molecule has 0 aliphatic heterocycles. The lowest BCUT2D eigenvalue weighted by Gasteiger charge is -2.38. The van der Waals surface area contributed by atoms with Crippen LogP contribution in [-0.2, 0) is 21.7 Å². The van der Waals surface area contributed by atoms with E-state index in [0.29, 0.717) is 10.9 Å². The Balaban J connectivity index is 2.02. The van der Waals surface area contributed by atoms with Crippen molar-refractivity contribution >= 4 is 20.7 Å². The van der Waals surface area contributed by atoms with Crippen LogP contribution in [0.3, 0.4) is 0 Å². The number of halogens is 3. The predicted molar refractivity (Wildman–Crippen MR) is 108 cm³/mol. The smallest absolute Gasteiger partial charge is 0.380 e. The van der Waals surface area contributed by atoms with E-state index in [1.165, 1.54) is 44.4 Å². The lowest BCUT2D eigenvalue weighted by atomic mass is 9.73. The van der Waals surface area contributed by atoms with Crippen molar-refractivity contribution in [1.82, 2.24) is 9.97 Å². The Hall–Kier alpha value is -2.39. The molecule has 0 spiro atoms. The van der Waals surface area contributed by atoms with Crippen LogP contribution in [0.15, 0.2) is 53.7 Å². The quantitative estimate of drug-likeness (QED) is 0.603. The molecule has 30 heavy (non-hydrogen) atoms. The van der Waals surface area contributed by atoms with E-state index in [1.807, 2.05) is 0 Å². The van der Waals surface area contributed by atoms with Gasteiger partial charge in [-0.15, -0.1) is 0 Å². The van der Waals surface area contributed by atoms with Gasteiger partial charge in [-0.2, -0.15) is 13.2 Å². The Labute approximate surface area is 172 Å². The zero-order valence-electron chi connectivity index (χ0n) is 16.8. The number of sulfone groups is 1. The Morgan fingerprint density at radius 1 is 1.13 bits per heavy atom. The van der Waals surface area contributed by atoms with Crippen molar-refractivity contribution in [2.75, 3.05) is 6.26 Å². The fraction of sp³-hybridized carbons (Fsp3) is 0.381. The van der Waals surface area contributed by atoms with E-state index in [4.69, 9.17) is 0 Å². The second-order valence-electron chi connectivity index (χ2n) is 8.29. The zero-order chi connectivity index (χ0) is 22.4. The first kappa shape index (κ1) is 22.3. The summed E-state index contributed by atoms with van der Waals surface area (Å²) in [6.07, 6.45) is -2.31. The molecule has 1 unspecified atom stereocenters. The number of nitrogens with zero attached hydrogens (tertiary/aromatic N) is 1. The fourth-order valence-electron chi connectivity index (χ4n) is 3.88. The van der Waals surface area contributed by atoms with Crippen molar-refractivity contribution < 1.29 is 26.7 Å². The number of aromatic amines is 1. The highest BCUT2D eigenvalue weighted by molar-refractivity contribution is 7.90. The lowest BCUT2D eigenvalue weighted by molar-refractivity contribution is -0.266. The normalized spacial score (nSPS) is 15.3. The maximum Gasteiger partial charge on any atom is 0.417 e. The van der Waals surface area contributed by atoms with Gasteiger partial charge >= 0.3 is 6.18 Å². The molecule has 2 aromatic heterocycles. The first-order chi connectivity index (χ1) is 13.7. The number of benzene rings is 1. The molecule has 0 fully saturated rings. The van der Waals surface area contributed by atoms with Crippen molar-refractivity contribution in [3.63, 3.8) is 0 Å². The molecule has 0 aliphatic carbocycles. The Morgan fingerprint density at radius 3 is 2.40 bits per heavy atom. The molecule has 162 valence electrons. The van der Waals surface area contributed by atoms with Gasteiger partial charge in [-0.1, -0.05) is 32.0 Å². The first-order valence-corrected chi connectivity index (χ1v) is 11.1. The molecule has 0 amide bonds. The van der Waals surface area contributed by atoms with Crippen LogP contribution in [0.25, 0.3) is 10.9 Å². The Kier molecular flexibility index (Phi) is 5.49. The average Bonchev–Trinajstić information content (AvgIpc) is 3.01. The summed E-state index contributed by atoms with van der Waals surface area (Å²) in [7, 11) is -3.66. The summed E-state index contributed by atoms with van der Waals surface area (Å²) in [5.74, 6) is 0. The van der Waals surface area contributed by atoms with Gasteiger partial charge in [-0.3, -0.25) is 4.98 Å². The molecule has 1 aromatic carbocycles. The summed E-state index contributed by atoms with van der Waals surface area (Å²) in [5, 5.41) is 11.5. The summed E-state index contributed by atoms with van der Waals surface area (Å²) < 4.78 is 66.4. The van der Waals surface area contributed by atoms with E-state index in [0.717, 1.165) is 6.26 Å². The summed E-state index contributed by atoms with van der Waals surface area (Å²) in [4.78, 5) is 6.75. The molecular weight excluding hydrogens is 417 g/mol. The minimum Gasteiger partial charge on any atom is -0.380 e. The van der Waals surface area contributed by atoms with Crippen molar-refractivity contribution in [3.8, 4) is 0 Å². The van der Waals surface area contributed by atoms with E-state index in [9.17, 15) is 26.7 Å². The second-order valence-corrected chi connectivity index (χ2v) is 10.3. The maximum atomic E-state index is 14.0. The minimum atomic E-state index is -4.93. The number of nitrogens with one attached hydrogen (secondary N) is 1. The van der Waals surface area contributed by atoms with Crippen LogP contribution >= 0.6 is 0 Å². The molecule has 2 heterocycles. The molecule has 0 saturated carbocycles. The molecule has 0 bridgehead atoms. The van der Waals surface area contributed by atoms with Crippen LogP contribution in [0.1, 0.15) is 31.5 Å². The third-order valence-corrected chi connectivity index (χ3v) is 6.40. The monoisotopic (exact) mass is 440 g/mol. The van der Waals surface area contributed by atoms with Crippen LogP contribution in [0.2, 0.25) is 0 Å². The maximum absolute atomic E-state index is 14.0. The minimum absolute atomic E-state index is 0.0452. The van der Waals surface area contributed by atoms with E-state index < -0.39 is 39.9 Å². The van der Waals surface area contributed by atoms with E-state index >= 15 is 0 Å². The predicted octanol–water partition coefficient (Wildman–Crippen LogP) is 4.17. The van der Waals surface area contributed by atoms with Gasteiger partial charge in [0.1, 0.15) is 0 Å². The number of rotatable bonds is 6. The number of fused-ring (bicyclic) bond motifs is 1. The highest BCUT2D eigenvalue weighted by Gasteiger charge is 2.56. The third kappa shape index (κ3) is 4.37. The van der Waals surface area contributed by atoms with Gasteiger partial charge in [0.25, 0.3) is 0 Å². The topological polar surface area (TPSA) is 83.1 Å². The number of H-pyrrole nitrogens is 1. The molecule has 9 heteroatoms. The van der Waals surface area contributed by atoms with Gasteiger partial charge in [0, 0.05) is 30.0 Å². The second kappa shape index (κ2) is 7.39. The third-order valence-electron chi connectivity index (χ3n) is 5.24. The highest BCUT2D eigenvalue weighted by atomic mass is 32.2. The number of hydrogen-bond donors (Lipinski definition) is 2. The molecule has 3 aromatic rings. The number of aromatic nitrogens is 2. The van der Waals surface area contributed by atoms with Gasteiger partial charge in [0.05, 0.1) is 16.6 Å². The SMILES string of the molecule is CC(C)(CC(O)(Cc1cc2ccncc2[nH]1)C(F)(F)F)c1ccccc1S(C)(=O)=O.